The third-order valence-corrected chi connectivity index (χ3v) is 3.92. The summed E-state index contributed by atoms with van der Waals surface area (Å²) in [5, 5.41) is 0.885. The summed E-state index contributed by atoms with van der Waals surface area (Å²) in [5.74, 6) is 1.20. The monoisotopic (exact) mass is 300 g/mol. The molecule has 1 aromatic heterocycles. The van der Waals surface area contributed by atoms with Crippen LogP contribution in [0.3, 0.4) is 0 Å². The normalized spacial score (nSPS) is 13.8. The predicted molar refractivity (Wildman–Crippen MR) is 74.7 cm³/mol. The Labute approximate surface area is 111 Å². The van der Waals surface area contributed by atoms with Gasteiger partial charge in [-0.2, -0.15) is 0 Å². The highest BCUT2D eigenvalue weighted by atomic mass is 79.9. The Hall–Kier alpha value is -0.640. The summed E-state index contributed by atoms with van der Waals surface area (Å²) < 4.78 is 1.77. The first-order valence-electron chi connectivity index (χ1n) is 5.86. The Kier molecular flexibility index (Phi) is 4.53. The smallest absolute Gasteiger partial charge is 0.253 e. The van der Waals surface area contributed by atoms with Crippen molar-refractivity contribution in [2.24, 2.45) is 11.3 Å². The molecular formula is C13H21BrN2O. The van der Waals surface area contributed by atoms with Crippen molar-refractivity contribution in [3.63, 3.8) is 0 Å². The van der Waals surface area contributed by atoms with Crippen molar-refractivity contribution in [3.05, 3.63) is 27.9 Å². The van der Waals surface area contributed by atoms with Crippen molar-refractivity contribution in [1.29, 1.82) is 0 Å². The van der Waals surface area contributed by atoms with Gasteiger partial charge in [-0.15, -0.1) is 0 Å². The van der Waals surface area contributed by atoms with E-state index in [2.05, 4.69) is 41.7 Å². The third kappa shape index (κ3) is 3.66. The van der Waals surface area contributed by atoms with Gasteiger partial charge < -0.3 is 0 Å². The van der Waals surface area contributed by atoms with Gasteiger partial charge >= 0.3 is 0 Å². The van der Waals surface area contributed by atoms with Crippen LogP contribution in [0.25, 0.3) is 0 Å². The Bertz CT molecular complexity index is 446. The fourth-order valence-electron chi connectivity index (χ4n) is 1.76. The molecule has 1 rings (SSSR count). The van der Waals surface area contributed by atoms with E-state index in [-0.39, 0.29) is 11.0 Å². The third-order valence-electron chi connectivity index (χ3n) is 3.14. The van der Waals surface area contributed by atoms with E-state index in [0.29, 0.717) is 12.5 Å². The number of hydrogen-bond donors (Lipinski definition) is 0. The Morgan fingerprint density at radius 2 is 2.00 bits per heavy atom. The molecule has 1 atom stereocenters. The summed E-state index contributed by atoms with van der Waals surface area (Å²) in [6.45, 7) is 11.0. The van der Waals surface area contributed by atoms with Gasteiger partial charge in [0.25, 0.3) is 5.56 Å². The SMILES string of the molecule is Cc1cc(=O)n(CC(CBr)C(C)(C)C)c(C)n1. The zero-order chi connectivity index (χ0) is 13.2. The molecule has 0 amide bonds. The van der Waals surface area contributed by atoms with E-state index < -0.39 is 0 Å². The number of hydrogen-bond acceptors (Lipinski definition) is 2. The van der Waals surface area contributed by atoms with Gasteiger partial charge in [-0.25, -0.2) is 4.98 Å². The van der Waals surface area contributed by atoms with Crippen molar-refractivity contribution in [3.8, 4) is 0 Å². The molecule has 1 unspecified atom stereocenters. The van der Waals surface area contributed by atoms with Crippen molar-refractivity contribution >= 4 is 15.9 Å². The van der Waals surface area contributed by atoms with Gasteiger partial charge in [-0.1, -0.05) is 36.7 Å². The number of nitrogens with zero attached hydrogens (tertiary/aromatic N) is 2. The van der Waals surface area contributed by atoms with Crippen molar-refractivity contribution in [2.75, 3.05) is 5.33 Å². The molecule has 4 heteroatoms. The molecule has 0 aliphatic rings. The van der Waals surface area contributed by atoms with E-state index in [1.807, 2.05) is 13.8 Å². The molecule has 3 nitrogen and oxygen atoms in total. The van der Waals surface area contributed by atoms with Crippen LogP contribution in [-0.2, 0) is 6.54 Å². The first-order valence-corrected chi connectivity index (χ1v) is 6.99. The Morgan fingerprint density at radius 3 is 2.41 bits per heavy atom. The predicted octanol–water partition coefficient (Wildman–Crippen LogP) is 2.92. The van der Waals surface area contributed by atoms with Crippen molar-refractivity contribution in [2.45, 2.75) is 41.2 Å². The maximum atomic E-state index is 11.9. The minimum atomic E-state index is 0.0465. The van der Waals surface area contributed by atoms with Crippen LogP contribution in [0.2, 0.25) is 0 Å². The molecule has 1 heterocycles. The van der Waals surface area contributed by atoms with Crippen LogP contribution < -0.4 is 5.56 Å². The topological polar surface area (TPSA) is 34.9 Å². The Balaban J connectivity index is 3.07. The summed E-state index contributed by atoms with van der Waals surface area (Å²) in [7, 11) is 0. The molecule has 0 aromatic carbocycles. The highest BCUT2D eigenvalue weighted by Gasteiger charge is 2.24. The highest BCUT2D eigenvalue weighted by Crippen LogP contribution is 2.28. The number of aromatic nitrogens is 2. The van der Waals surface area contributed by atoms with Crippen LogP contribution in [0.15, 0.2) is 10.9 Å². The van der Waals surface area contributed by atoms with Crippen LogP contribution in [0.5, 0.6) is 0 Å². The highest BCUT2D eigenvalue weighted by molar-refractivity contribution is 9.09. The lowest BCUT2D eigenvalue weighted by atomic mass is 9.82. The van der Waals surface area contributed by atoms with Gasteiger partial charge in [0.2, 0.25) is 0 Å². The molecule has 0 N–H and O–H groups in total. The van der Waals surface area contributed by atoms with Gasteiger partial charge in [-0.3, -0.25) is 9.36 Å². The molecule has 0 bridgehead atoms. The number of alkyl halides is 1. The zero-order valence-corrected chi connectivity index (χ0v) is 12.8. The van der Waals surface area contributed by atoms with Crippen LogP contribution in [0.1, 0.15) is 32.3 Å². The molecule has 0 aliphatic heterocycles. The molecule has 0 saturated carbocycles. The van der Waals surface area contributed by atoms with Gasteiger partial charge in [0.15, 0.2) is 0 Å². The van der Waals surface area contributed by atoms with Crippen molar-refractivity contribution < 1.29 is 0 Å². The van der Waals surface area contributed by atoms with E-state index in [9.17, 15) is 4.79 Å². The number of rotatable bonds is 3. The first kappa shape index (κ1) is 14.4. The summed E-state index contributed by atoms with van der Waals surface area (Å²) in [4.78, 5) is 16.3. The molecule has 0 spiro atoms. The lowest BCUT2D eigenvalue weighted by Crippen LogP contribution is -2.33. The summed E-state index contributed by atoms with van der Waals surface area (Å²) in [6, 6.07) is 1.60. The fourth-order valence-corrected chi connectivity index (χ4v) is 2.94. The average Bonchev–Trinajstić information content (AvgIpc) is 2.14. The van der Waals surface area contributed by atoms with Crippen LogP contribution in [0.4, 0.5) is 0 Å². The van der Waals surface area contributed by atoms with Gasteiger partial charge in [0.05, 0.1) is 0 Å². The van der Waals surface area contributed by atoms with E-state index in [1.54, 1.807) is 10.6 Å². The summed E-state index contributed by atoms with van der Waals surface area (Å²) in [5.41, 5.74) is 1.00. The van der Waals surface area contributed by atoms with Gasteiger partial charge in [0, 0.05) is 23.6 Å². The maximum Gasteiger partial charge on any atom is 0.253 e. The largest absolute Gasteiger partial charge is 0.297 e. The Morgan fingerprint density at radius 1 is 1.41 bits per heavy atom. The number of aryl methyl sites for hydroxylation is 2. The van der Waals surface area contributed by atoms with Crippen LogP contribution in [-0.4, -0.2) is 14.9 Å². The van der Waals surface area contributed by atoms with Gasteiger partial charge in [0.1, 0.15) is 5.82 Å². The minimum Gasteiger partial charge on any atom is -0.297 e. The maximum absolute atomic E-state index is 11.9. The standard InChI is InChI=1S/C13H21BrN2O/c1-9-6-12(17)16(10(2)15-9)8-11(7-14)13(3,4)5/h6,11H,7-8H2,1-5H3. The van der Waals surface area contributed by atoms with Crippen LogP contribution >= 0.6 is 15.9 Å². The minimum absolute atomic E-state index is 0.0465. The average molecular weight is 301 g/mol. The molecule has 0 radical (unpaired) electrons. The molecule has 96 valence electrons. The second-order valence-corrected chi connectivity index (χ2v) is 6.26. The molecule has 0 saturated heterocycles. The number of halogens is 1. The summed E-state index contributed by atoms with van der Waals surface area (Å²) >= 11 is 3.54. The van der Waals surface area contributed by atoms with Crippen molar-refractivity contribution in [1.82, 2.24) is 9.55 Å². The first-order chi connectivity index (χ1) is 7.75. The molecular weight excluding hydrogens is 280 g/mol. The second-order valence-electron chi connectivity index (χ2n) is 5.61. The van der Waals surface area contributed by atoms with E-state index in [0.717, 1.165) is 16.8 Å². The second kappa shape index (κ2) is 5.34. The zero-order valence-electron chi connectivity index (χ0n) is 11.2. The lowest BCUT2D eigenvalue weighted by Gasteiger charge is -2.30. The molecule has 17 heavy (non-hydrogen) atoms. The summed E-state index contributed by atoms with van der Waals surface area (Å²) in [6.07, 6.45) is 0. The molecule has 0 fully saturated rings. The molecule has 0 aliphatic carbocycles. The van der Waals surface area contributed by atoms with E-state index in [4.69, 9.17) is 0 Å². The van der Waals surface area contributed by atoms with E-state index >= 15 is 0 Å². The van der Waals surface area contributed by atoms with Crippen LogP contribution in [0, 0.1) is 25.2 Å². The van der Waals surface area contributed by atoms with Gasteiger partial charge in [-0.05, 0) is 25.2 Å². The van der Waals surface area contributed by atoms with E-state index in [1.165, 1.54) is 0 Å². The quantitative estimate of drug-likeness (QED) is 0.805. The lowest BCUT2D eigenvalue weighted by molar-refractivity contribution is 0.235. The molecule has 1 aromatic rings. The fraction of sp³-hybridized carbons (Fsp3) is 0.692.